The number of hydrogen-bond acceptors (Lipinski definition) is 4. The molecule has 0 amide bonds. The number of carbonyl (C=O) groups excluding carboxylic acids is 1. The van der Waals surface area contributed by atoms with Crippen molar-refractivity contribution in [3.63, 3.8) is 0 Å². The van der Waals surface area contributed by atoms with E-state index in [1.54, 1.807) is 18.4 Å². The third-order valence-corrected chi connectivity index (χ3v) is 2.69. The first-order chi connectivity index (χ1) is 8.08. The van der Waals surface area contributed by atoms with Crippen molar-refractivity contribution in [1.82, 2.24) is 0 Å². The summed E-state index contributed by atoms with van der Waals surface area (Å²) >= 11 is 0. The number of furan rings is 2. The van der Waals surface area contributed by atoms with Gasteiger partial charge in [-0.15, -0.1) is 0 Å². The lowest BCUT2D eigenvalue weighted by atomic mass is 10.2. The van der Waals surface area contributed by atoms with Crippen molar-refractivity contribution >= 4 is 11.7 Å². The van der Waals surface area contributed by atoms with Gasteiger partial charge in [-0.1, -0.05) is 0 Å². The lowest BCUT2D eigenvalue weighted by Gasteiger charge is -2.15. The van der Waals surface area contributed by atoms with E-state index in [1.165, 1.54) is 6.92 Å². The van der Waals surface area contributed by atoms with E-state index in [-0.39, 0.29) is 5.78 Å². The van der Waals surface area contributed by atoms with Crippen LogP contribution in [0.5, 0.6) is 0 Å². The second kappa shape index (κ2) is 4.49. The fourth-order valence-corrected chi connectivity index (χ4v) is 1.63. The molecule has 0 unspecified atom stereocenters. The third kappa shape index (κ3) is 2.41. The van der Waals surface area contributed by atoms with Crippen LogP contribution in [0.1, 0.15) is 28.8 Å². The monoisotopic (exact) mass is 233 g/mol. The first-order valence-corrected chi connectivity index (χ1v) is 5.43. The van der Waals surface area contributed by atoms with Crippen LogP contribution in [0.2, 0.25) is 0 Å². The molecule has 0 radical (unpaired) electrons. The Balaban J connectivity index is 2.12. The summed E-state index contributed by atoms with van der Waals surface area (Å²) in [7, 11) is 1.91. The molecule has 0 aliphatic carbocycles. The van der Waals surface area contributed by atoms with Crippen LogP contribution in [0.25, 0.3) is 0 Å². The van der Waals surface area contributed by atoms with Crippen molar-refractivity contribution in [3.05, 3.63) is 41.5 Å². The van der Waals surface area contributed by atoms with Gasteiger partial charge < -0.3 is 13.7 Å². The van der Waals surface area contributed by atoms with Gasteiger partial charge in [0.2, 0.25) is 0 Å². The molecule has 2 heterocycles. The Kier molecular flexibility index (Phi) is 3.04. The number of nitrogens with zero attached hydrogens (tertiary/aromatic N) is 1. The largest absolute Gasteiger partial charge is 0.469 e. The Bertz CT molecular complexity index is 524. The molecule has 0 aliphatic heterocycles. The molecule has 17 heavy (non-hydrogen) atoms. The fourth-order valence-electron chi connectivity index (χ4n) is 1.63. The molecule has 0 atom stereocenters. The number of carbonyl (C=O) groups is 1. The number of anilines is 1. The van der Waals surface area contributed by atoms with E-state index < -0.39 is 0 Å². The average Bonchev–Trinajstić information content (AvgIpc) is 2.88. The SMILES string of the molecule is CC(=O)c1ccc(N(C)Cc2ccoc2C)o1. The van der Waals surface area contributed by atoms with Gasteiger partial charge in [0.1, 0.15) is 5.76 Å². The van der Waals surface area contributed by atoms with Gasteiger partial charge in [-0.05, 0) is 19.1 Å². The van der Waals surface area contributed by atoms with Crippen LogP contribution in [-0.2, 0) is 6.54 Å². The molecule has 0 spiro atoms. The summed E-state index contributed by atoms with van der Waals surface area (Å²) in [5, 5.41) is 0. The number of hydrogen-bond donors (Lipinski definition) is 0. The molecule has 0 bridgehead atoms. The Morgan fingerprint density at radius 2 is 2.12 bits per heavy atom. The van der Waals surface area contributed by atoms with E-state index in [0.717, 1.165) is 11.3 Å². The van der Waals surface area contributed by atoms with Gasteiger partial charge in [0.15, 0.2) is 17.4 Å². The van der Waals surface area contributed by atoms with Crippen molar-refractivity contribution in [2.24, 2.45) is 0 Å². The first kappa shape index (κ1) is 11.5. The highest BCUT2D eigenvalue weighted by molar-refractivity contribution is 5.91. The third-order valence-electron chi connectivity index (χ3n) is 2.69. The molecule has 4 heteroatoms. The molecule has 0 N–H and O–H groups in total. The molecule has 4 nitrogen and oxygen atoms in total. The van der Waals surface area contributed by atoms with Gasteiger partial charge in [-0.25, -0.2) is 0 Å². The Labute approximate surface area is 99.8 Å². The molecule has 90 valence electrons. The minimum absolute atomic E-state index is 0.0656. The van der Waals surface area contributed by atoms with E-state index in [1.807, 2.05) is 24.9 Å². The summed E-state index contributed by atoms with van der Waals surface area (Å²) in [6, 6.07) is 5.42. The maximum absolute atomic E-state index is 11.1. The Morgan fingerprint density at radius 3 is 2.65 bits per heavy atom. The quantitative estimate of drug-likeness (QED) is 0.761. The zero-order chi connectivity index (χ0) is 12.4. The van der Waals surface area contributed by atoms with Gasteiger partial charge in [-0.3, -0.25) is 4.79 Å². The van der Waals surface area contributed by atoms with Crippen LogP contribution in [-0.4, -0.2) is 12.8 Å². The number of aryl methyl sites for hydroxylation is 1. The average molecular weight is 233 g/mol. The minimum atomic E-state index is -0.0656. The van der Waals surface area contributed by atoms with Gasteiger partial charge >= 0.3 is 0 Å². The summed E-state index contributed by atoms with van der Waals surface area (Å²) in [5.74, 6) is 1.89. The van der Waals surface area contributed by atoms with Crippen molar-refractivity contribution < 1.29 is 13.6 Å². The van der Waals surface area contributed by atoms with E-state index >= 15 is 0 Å². The van der Waals surface area contributed by atoms with E-state index in [0.29, 0.717) is 18.2 Å². The Hall–Kier alpha value is -1.97. The number of ketones is 1. The molecule has 2 aromatic heterocycles. The highest BCUT2D eigenvalue weighted by Crippen LogP contribution is 2.20. The topological polar surface area (TPSA) is 46.6 Å². The predicted molar refractivity (Wildman–Crippen MR) is 64.3 cm³/mol. The highest BCUT2D eigenvalue weighted by atomic mass is 16.4. The normalized spacial score (nSPS) is 10.5. The molecular weight excluding hydrogens is 218 g/mol. The zero-order valence-corrected chi connectivity index (χ0v) is 10.2. The number of Topliss-reactive ketones (excluding diaryl/α,β-unsaturated/α-hetero) is 1. The predicted octanol–water partition coefficient (Wildman–Crippen LogP) is 3.02. The highest BCUT2D eigenvalue weighted by Gasteiger charge is 2.11. The van der Waals surface area contributed by atoms with Crippen molar-refractivity contribution in [1.29, 1.82) is 0 Å². The molecule has 0 fully saturated rings. The molecule has 2 rings (SSSR count). The van der Waals surface area contributed by atoms with Crippen LogP contribution in [0.15, 0.2) is 33.3 Å². The second-order valence-corrected chi connectivity index (χ2v) is 4.05. The van der Waals surface area contributed by atoms with E-state index in [2.05, 4.69) is 0 Å². The molecule has 0 saturated heterocycles. The summed E-state index contributed by atoms with van der Waals surface area (Å²) in [5.41, 5.74) is 1.10. The fraction of sp³-hybridized carbons (Fsp3) is 0.308. The van der Waals surface area contributed by atoms with Crippen LogP contribution in [0, 0.1) is 6.92 Å². The van der Waals surface area contributed by atoms with Gasteiger partial charge in [0, 0.05) is 32.1 Å². The van der Waals surface area contributed by atoms with Crippen LogP contribution in [0.4, 0.5) is 5.88 Å². The lowest BCUT2D eigenvalue weighted by molar-refractivity contribution is 0.0988. The Morgan fingerprint density at radius 1 is 1.35 bits per heavy atom. The molecular formula is C13H15NO3. The second-order valence-electron chi connectivity index (χ2n) is 4.05. The minimum Gasteiger partial charge on any atom is -0.469 e. The summed E-state index contributed by atoms with van der Waals surface area (Å²) in [6.45, 7) is 4.10. The smallest absolute Gasteiger partial charge is 0.196 e. The van der Waals surface area contributed by atoms with E-state index in [4.69, 9.17) is 8.83 Å². The molecule has 0 saturated carbocycles. The van der Waals surface area contributed by atoms with E-state index in [9.17, 15) is 4.79 Å². The standard InChI is InChI=1S/C13H15NO3/c1-9(15)12-4-5-13(17-12)14(3)8-11-6-7-16-10(11)2/h4-7H,8H2,1-3H3. The van der Waals surface area contributed by atoms with Crippen LogP contribution < -0.4 is 4.90 Å². The van der Waals surface area contributed by atoms with Crippen molar-refractivity contribution in [3.8, 4) is 0 Å². The van der Waals surface area contributed by atoms with Crippen molar-refractivity contribution in [2.45, 2.75) is 20.4 Å². The maximum Gasteiger partial charge on any atom is 0.196 e. The molecule has 0 aromatic carbocycles. The maximum atomic E-state index is 11.1. The number of rotatable bonds is 4. The van der Waals surface area contributed by atoms with Crippen molar-refractivity contribution in [2.75, 3.05) is 11.9 Å². The molecule has 0 aliphatic rings. The van der Waals surface area contributed by atoms with Gasteiger partial charge in [-0.2, -0.15) is 0 Å². The van der Waals surface area contributed by atoms with Gasteiger partial charge in [0.05, 0.1) is 6.26 Å². The zero-order valence-electron chi connectivity index (χ0n) is 10.2. The summed E-state index contributed by atoms with van der Waals surface area (Å²) < 4.78 is 10.7. The summed E-state index contributed by atoms with van der Waals surface area (Å²) in [4.78, 5) is 13.1. The summed E-state index contributed by atoms with van der Waals surface area (Å²) in [6.07, 6.45) is 1.67. The lowest BCUT2D eigenvalue weighted by Crippen LogP contribution is -2.15. The van der Waals surface area contributed by atoms with Gasteiger partial charge in [0.25, 0.3) is 0 Å². The van der Waals surface area contributed by atoms with Crippen LogP contribution in [0.3, 0.4) is 0 Å². The molecule has 2 aromatic rings. The first-order valence-electron chi connectivity index (χ1n) is 5.43. The van der Waals surface area contributed by atoms with Crippen LogP contribution >= 0.6 is 0 Å².